The van der Waals surface area contributed by atoms with E-state index in [-0.39, 0.29) is 5.75 Å². The topological polar surface area (TPSA) is 40.5 Å². The molecular formula is C19H24O2. The number of aliphatic hydroxyl groups excluding tert-OH is 1. The lowest BCUT2D eigenvalue weighted by atomic mass is 9.98. The lowest BCUT2D eigenvalue weighted by Gasteiger charge is -2.12. The quantitative estimate of drug-likeness (QED) is 0.697. The van der Waals surface area contributed by atoms with Crippen molar-refractivity contribution in [2.75, 3.05) is 0 Å². The third-order valence-electron chi connectivity index (χ3n) is 3.78. The summed E-state index contributed by atoms with van der Waals surface area (Å²) in [6.07, 6.45) is 5.09. The summed E-state index contributed by atoms with van der Waals surface area (Å²) in [5.74, 6) is 0.262. The van der Waals surface area contributed by atoms with Gasteiger partial charge in [-0.15, -0.1) is 0 Å². The average Bonchev–Trinajstić information content (AvgIpc) is 2.51. The van der Waals surface area contributed by atoms with Crippen LogP contribution in [-0.2, 0) is 0 Å². The van der Waals surface area contributed by atoms with Gasteiger partial charge in [0.2, 0.25) is 0 Å². The van der Waals surface area contributed by atoms with E-state index in [9.17, 15) is 10.2 Å². The van der Waals surface area contributed by atoms with Crippen LogP contribution in [0.4, 0.5) is 0 Å². The number of aromatic hydroxyl groups is 1. The first-order valence-corrected chi connectivity index (χ1v) is 7.78. The highest BCUT2D eigenvalue weighted by Crippen LogP contribution is 2.27. The first-order chi connectivity index (χ1) is 10.2. The molecule has 0 saturated heterocycles. The number of phenolic OH excluding ortho intramolecular Hbond substituents is 1. The zero-order valence-corrected chi connectivity index (χ0v) is 12.6. The van der Waals surface area contributed by atoms with Crippen molar-refractivity contribution in [3.8, 4) is 16.9 Å². The minimum atomic E-state index is -0.404. The summed E-state index contributed by atoms with van der Waals surface area (Å²) in [4.78, 5) is 0. The molecule has 0 fully saturated rings. The van der Waals surface area contributed by atoms with Gasteiger partial charge in [0.05, 0.1) is 6.10 Å². The number of hydrogen-bond donors (Lipinski definition) is 2. The molecule has 1 atom stereocenters. The lowest BCUT2D eigenvalue weighted by molar-refractivity contribution is 0.163. The maximum Gasteiger partial charge on any atom is 0.116 e. The van der Waals surface area contributed by atoms with Crippen molar-refractivity contribution in [3.63, 3.8) is 0 Å². The third-order valence-corrected chi connectivity index (χ3v) is 3.78. The predicted molar refractivity (Wildman–Crippen MR) is 87.3 cm³/mol. The molecule has 1 unspecified atom stereocenters. The van der Waals surface area contributed by atoms with Crippen LogP contribution < -0.4 is 0 Å². The Kier molecular flexibility index (Phi) is 5.82. The molecule has 0 radical (unpaired) electrons. The second-order valence-electron chi connectivity index (χ2n) is 5.54. The summed E-state index contributed by atoms with van der Waals surface area (Å²) in [5.41, 5.74) is 2.94. The second-order valence-corrected chi connectivity index (χ2v) is 5.54. The van der Waals surface area contributed by atoms with Crippen LogP contribution >= 0.6 is 0 Å². The Morgan fingerprint density at radius 1 is 0.905 bits per heavy atom. The van der Waals surface area contributed by atoms with Gasteiger partial charge in [0.15, 0.2) is 0 Å². The molecule has 0 aromatic heterocycles. The van der Waals surface area contributed by atoms with E-state index < -0.39 is 6.10 Å². The highest BCUT2D eigenvalue weighted by Gasteiger charge is 2.08. The number of benzene rings is 2. The van der Waals surface area contributed by atoms with Gasteiger partial charge in [0.1, 0.15) is 5.75 Å². The fourth-order valence-corrected chi connectivity index (χ4v) is 2.54. The van der Waals surface area contributed by atoms with Crippen molar-refractivity contribution in [3.05, 3.63) is 54.1 Å². The van der Waals surface area contributed by atoms with Crippen LogP contribution in [0.5, 0.6) is 5.75 Å². The molecule has 0 spiro atoms. The van der Waals surface area contributed by atoms with Crippen LogP contribution in [0.3, 0.4) is 0 Å². The predicted octanol–water partition coefficient (Wildman–Crippen LogP) is 5.06. The fourth-order valence-electron chi connectivity index (χ4n) is 2.54. The number of phenols is 1. The van der Waals surface area contributed by atoms with E-state index in [0.29, 0.717) is 0 Å². The maximum atomic E-state index is 10.3. The highest BCUT2D eigenvalue weighted by molar-refractivity contribution is 5.65. The molecule has 0 bridgehead atoms. The van der Waals surface area contributed by atoms with Crippen molar-refractivity contribution >= 4 is 0 Å². The molecule has 112 valence electrons. The average molecular weight is 284 g/mol. The second kappa shape index (κ2) is 7.84. The largest absolute Gasteiger partial charge is 0.508 e. The maximum absolute atomic E-state index is 10.3. The van der Waals surface area contributed by atoms with E-state index in [1.165, 1.54) is 19.3 Å². The van der Waals surface area contributed by atoms with Crippen molar-refractivity contribution in [2.24, 2.45) is 0 Å². The molecule has 0 aliphatic carbocycles. The molecule has 0 aliphatic heterocycles. The zero-order chi connectivity index (χ0) is 15.1. The van der Waals surface area contributed by atoms with E-state index in [1.54, 1.807) is 12.1 Å². The summed E-state index contributed by atoms with van der Waals surface area (Å²) >= 11 is 0. The van der Waals surface area contributed by atoms with E-state index >= 15 is 0 Å². The standard InChI is InChI=1S/C19H24O2/c1-2-3-4-5-12-19(21)17-10-6-8-15(13-17)16-9-7-11-18(20)14-16/h6-11,13-14,19-21H,2-5,12H2,1H3. The highest BCUT2D eigenvalue weighted by atomic mass is 16.3. The van der Waals surface area contributed by atoms with Crippen LogP contribution in [0.1, 0.15) is 50.7 Å². The van der Waals surface area contributed by atoms with E-state index in [4.69, 9.17) is 0 Å². The minimum Gasteiger partial charge on any atom is -0.508 e. The van der Waals surface area contributed by atoms with E-state index in [0.717, 1.165) is 29.5 Å². The van der Waals surface area contributed by atoms with Gasteiger partial charge in [-0.25, -0.2) is 0 Å². The van der Waals surface area contributed by atoms with Crippen molar-refractivity contribution in [1.82, 2.24) is 0 Å². The Morgan fingerprint density at radius 2 is 1.62 bits per heavy atom. The Labute approximate surface area is 127 Å². The molecule has 2 N–H and O–H groups in total. The van der Waals surface area contributed by atoms with Gasteiger partial charge < -0.3 is 10.2 Å². The molecule has 2 heteroatoms. The molecule has 2 nitrogen and oxygen atoms in total. The molecule has 0 amide bonds. The Hall–Kier alpha value is -1.80. The van der Waals surface area contributed by atoms with Gasteiger partial charge >= 0.3 is 0 Å². The fraction of sp³-hybridized carbons (Fsp3) is 0.368. The summed E-state index contributed by atoms with van der Waals surface area (Å²) in [7, 11) is 0. The van der Waals surface area contributed by atoms with Gasteiger partial charge in [-0.3, -0.25) is 0 Å². The minimum absolute atomic E-state index is 0.262. The van der Waals surface area contributed by atoms with Crippen LogP contribution in [0.2, 0.25) is 0 Å². The molecule has 0 aliphatic rings. The summed E-state index contributed by atoms with van der Waals surface area (Å²) in [6, 6.07) is 15.1. The molecule has 2 aromatic rings. The molecule has 2 aromatic carbocycles. The summed E-state index contributed by atoms with van der Waals surface area (Å²) in [5, 5.41) is 19.9. The summed E-state index contributed by atoms with van der Waals surface area (Å²) < 4.78 is 0. The molecule has 0 heterocycles. The molecule has 2 rings (SSSR count). The Morgan fingerprint density at radius 3 is 2.33 bits per heavy atom. The molecule has 0 saturated carbocycles. The molecule has 21 heavy (non-hydrogen) atoms. The Bertz CT molecular complexity index is 563. The zero-order valence-electron chi connectivity index (χ0n) is 12.6. The number of aliphatic hydroxyl groups is 1. The molecular weight excluding hydrogens is 260 g/mol. The van der Waals surface area contributed by atoms with Crippen LogP contribution in [-0.4, -0.2) is 10.2 Å². The van der Waals surface area contributed by atoms with Crippen LogP contribution in [0.25, 0.3) is 11.1 Å². The van der Waals surface area contributed by atoms with Crippen LogP contribution in [0.15, 0.2) is 48.5 Å². The van der Waals surface area contributed by atoms with E-state index in [2.05, 4.69) is 6.92 Å². The van der Waals surface area contributed by atoms with Gasteiger partial charge in [0.25, 0.3) is 0 Å². The van der Waals surface area contributed by atoms with E-state index in [1.807, 2.05) is 36.4 Å². The van der Waals surface area contributed by atoms with Gasteiger partial charge in [-0.1, -0.05) is 62.9 Å². The monoisotopic (exact) mass is 284 g/mol. The normalized spacial score (nSPS) is 12.3. The number of unbranched alkanes of at least 4 members (excludes halogenated alkanes) is 3. The van der Waals surface area contributed by atoms with Crippen molar-refractivity contribution in [1.29, 1.82) is 0 Å². The van der Waals surface area contributed by atoms with Crippen LogP contribution in [0, 0.1) is 0 Å². The summed E-state index contributed by atoms with van der Waals surface area (Å²) in [6.45, 7) is 2.19. The first-order valence-electron chi connectivity index (χ1n) is 7.78. The number of rotatable bonds is 7. The third kappa shape index (κ3) is 4.61. The SMILES string of the molecule is CCCCCCC(O)c1cccc(-c2cccc(O)c2)c1. The van der Waals surface area contributed by atoms with Crippen molar-refractivity contribution < 1.29 is 10.2 Å². The Balaban J connectivity index is 2.07. The lowest BCUT2D eigenvalue weighted by Crippen LogP contribution is -1.97. The van der Waals surface area contributed by atoms with Gasteiger partial charge in [-0.2, -0.15) is 0 Å². The van der Waals surface area contributed by atoms with Crippen molar-refractivity contribution in [2.45, 2.75) is 45.1 Å². The van der Waals surface area contributed by atoms with Gasteiger partial charge in [-0.05, 0) is 41.3 Å². The number of hydrogen-bond acceptors (Lipinski definition) is 2. The van der Waals surface area contributed by atoms with Gasteiger partial charge in [0, 0.05) is 0 Å². The first kappa shape index (κ1) is 15.6. The smallest absolute Gasteiger partial charge is 0.116 e.